The van der Waals surface area contributed by atoms with Crippen molar-refractivity contribution in [3.63, 3.8) is 0 Å². The van der Waals surface area contributed by atoms with Gasteiger partial charge in [-0.1, -0.05) is 12.6 Å². The number of rotatable bonds is 7. The Labute approximate surface area is 207 Å². The van der Waals surface area contributed by atoms with Gasteiger partial charge in [-0.15, -0.1) is 0 Å². The summed E-state index contributed by atoms with van der Waals surface area (Å²) in [4.78, 5) is 23.6. The van der Waals surface area contributed by atoms with Crippen molar-refractivity contribution in [3.8, 4) is 34.4 Å². The number of fused-ring (bicyclic) bond motifs is 1. The highest BCUT2D eigenvalue weighted by molar-refractivity contribution is 5.87. The molecule has 1 saturated heterocycles. The van der Waals surface area contributed by atoms with Gasteiger partial charge in [0.25, 0.3) is 0 Å². The Morgan fingerprint density at radius 3 is 2.61 bits per heavy atom. The third-order valence-corrected chi connectivity index (χ3v) is 6.26. The molecule has 1 aliphatic rings. The molecule has 1 fully saturated rings. The number of carbonyl (C=O) groups excluding carboxylic acids is 1. The highest BCUT2D eigenvalue weighted by atomic mass is 19.1. The second-order valence-electron chi connectivity index (χ2n) is 8.28. The van der Waals surface area contributed by atoms with E-state index in [1.807, 2.05) is 16.5 Å². The van der Waals surface area contributed by atoms with Crippen molar-refractivity contribution in [1.29, 1.82) is 0 Å². The van der Waals surface area contributed by atoms with Crippen LogP contribution < -0.4 is 14.2 Å². The molecule has 3 heterocycles. The lowest BCUT2D eigenvalue weighted by molar-refractivity contribution is -0.127. The standard InChI is InChI=1S/C27H25FN4O4/c1-4-23(33)31-14-6-7-19(31)27-30-26(20-15-29-16-24(35-3)32(20)27)17-10-12-18(13-11-17)36-22-9-5-8-21(34-2)25(22)28/h4-5,8-13,15-16,19H,1,6-7,14H2,2-3H3/t19-/m0/s1. The molecular weight excluding hydrogens is 463 g/mol. The predicted octanol–water partition coefficient (Wildman–Crippen LogP) is 5.19. The van der Waals surface area contributed by atoms with Crippen molar-refractivity contribution < 1.29 is 23.4 Å². The first-order valence-electron chi connectivity index (χ1n) is 11.5. The molecule has 4 aromatic rings. The van der Waals surface area contributed by atoms with Crippen molar-refractivity contribution in [1.82, 2.24) is 19.3 Å². The van der Waals surface area contributed by atoms with Gasteiger partial charge < -0.3 is 19.1 Å². The zero-order valence-electron chi connectivity index (χ0n) is 20.0. The van der Waals surface area contributed by atoms with Crippen molar-refractivity contribution >= 4 is 11.4 Å². The molecule has 0 bridgehead atoms. The van der Waals surface area contributed by atoms with Gasteiger partial charge in [0.2, 0.25) is 17.6 Å². The van der Waals surface area contributed by atoms with Crippen LogP contribution in [0.4, 0.5) is 4.39 Å². The van der Waals surface area contributed by atoms with E-state index in [4.69, 9.17) is 19.2 Å². The highest BCUT2D eigenvalue weighted by Gasteiger charge is 2.33. The van der Waals surface area contributed by atoms with Crippen LogP contribution in [-0.2, 0) is 4.79 Å². The number of aromatic nitrogens is 3. The number of ether oxygens (including phenoxy) is 3. The Morgan fingerprint density at radius 2 is 1.89 bits per heavy atom. The summed E-state index contributed by atoms with van der Waals surface area (Å²) in [5.41, 5.74) is 2.25. The summed E-state index contributed by atoms with van der Waals surface area (Å²) in [6.07, 6.45) is 6.32. The third kappa shape index (κ3) is 4.02. The smallest absolute Gasteiger partial charge is 0.246 e. The highest BCUT2D eigenvalue weighted by Crippen LogP contribution is 2.38. The van der Waals surface area contributed by atoms with E-state index >= 15 is 0 Å². The first-order valence-corrected chi connectivity index (χ1v) is 11.5. The molecule has 0 aliphatic carbocycles. The number of carbonyl (C=O) groups is 1. The molecule has 2 aromatic heterocycles. The van der Waals surface area contributed by atoms with Crippen LogP contribution in [-0.4, -0.2) is 45.9 Å². The van der Waals surface area contributed by atoms with Crippen LogP contribution in [0.2, 0.25) is 0 Å². The van der Waals surface area contributed by atoms with E-state index in [2.05, 4.69) is 11.6 Å². The number of imidazole rings is 1. The Balaban J connectivity index is 1.54. The molecule has 0 saturated carbocycles. The Morgan fingerprint density at radius 1 is 1.11 bits per heavy atom. The summed E-state index contributed by atoms with van der Waals surface area (Å²) in [5.74, 6) is 1.16. The van der Waals surface area contributed by atoms with Gasteiger partial charge in [0, 0.05) is 12.1 Å². The fourth-order valence-corrected chi connectivity index (χ4v) is 4.56. The molecule has 1 aliphatic heterocycles. The average molecular weight is 489 g/mol. The number of halogens is 1. The molecule has 9 heteroatoms. The predicted molar refractivity (Wildman–Crippen MR) is 132 cm³/mol. The second-order valence-corrected chi connectivity index (χ2v) is 8.28. The molecule has 0 radical (unpaired) electrons. The molecule has 36 heavy (non-hydrogen) atoms. The molecule has 5 rings (SSSR count). The maximum absolute atomic E-state index is 14.5. The minimum absolute atomic E-state index is 0.0685. The lowest BCUT2D eigenvalue weighted by Crippen LogP contribution is -2.30. The molecule has 0 unspecified atom stereocenters. The number of nitrogens with zero attached hydrogens (tertiary/aromatic N) is 4. The Kier molecular flexibility index (Phi) is 6.28. The molecule has 0 spiro atoms. The number of hydrogen-bond acceptors (Lipinski definition) is 6. The summed E-state index contributed by atoms with van der Waals surface area (Å²) in [6.45, 7) is 4.28. The molecule has 8 nitrogen and oxygen atoms in total. The van der Waals surface area contributed by atoms with E-state index in [-0.39, 0.29) is 23.4 Å². The molecule has 0 N–H and O–H groups in total. The number of methoxy groups -OCH3 is 2. The number of likely N-dealkylation sites (tertiary alicyclic amines) is 1. The van der Waals surface area contributed by atoms with Crippen molar-refractivity contribution in [3.05, 3.63) is 79.2 Å². The van der Waals surface area contributed by atoms with Gasteiger partial charge in [-0.25, -0.2) is 4.98 Å². The largest absolute Gasteiger partial charge is 0.494 e. The molecule has 184 valence electrons. The summed E-state index contributed by atoms with van der Waals surface area (Å²) in [5, 5.41) is 0. The molecular formula is C27H25FN4O4. The van der Waals surface area contributed by atoms with Gasteiger partial charge in [0.1, 0.15) is 11.6 Å². The minimum Gasteiger partial charge on any atom is -0.494 e. The van der Waals surface area contributed by atoms with Gasteiger partial charge in [-0.2, -0.15) is 4.39 Å². The summed E-state index contributed by atoms with van der Waals surface area (Å²) in [6, 6.07) is 11.7. The van der Waals surface area contributed by atoms with Crippen molar-refractivity contribution in [2.45, 2.75) is 18.9 Å². The Hall–Kier alpha value is -4.40. The number of amides is 1. The van der Waals surface area contributed by atoms with Crippen LogP contribution in [0.25, 0.3) is 16.8 Å². The maximum atomic E-state index is 14.5. The lowest BCUT2D eigenvalue weighted by atomic mass is 10.1. The van der Waals surface area contributed by atoms with E-state index in [1.54, 1.807) is 42.6 Å². The third-order valence-electron chi connectivity index (χ3n) is 6.26. The zero-order chi connectivity index (χ0) is 25.2. The van der Waals surface area contributed by atoms with Gasteiger partial charge >= 0.3 is 0 Å². The monoisotopic (exact) mass is 488 g/mol. The van der Waals surface area contributed by atoms with E-state index in [9.17, 15) is 9.18 Å². The zero-order valence-corrected chi connectivity index (χ0v) is 20.0. The average Bonchev–Trinajstić information content (AvgIpc) is 3.55. The number of benzene rings is 2. The van der Waals surface area contributed by atoms with E-state index < -0.39 is 5.82 Å². The fourth-order valence-electron chi connectivity index (χ4n) is 4.56. The summed E-state index contributed by atoms with van der Waals surface area (Å²) < 4.78 is 32.7. The second kappa shape index (κ2) is 9.69. The van der Waals surface area contributed by atoms with Crippen LogP contribution in [0.5, 0.6) is 23.1 Å². The summed E-state index contributed by atoms with van der Waals surface area (Å²) in [7, 11) is 2.98. The first-order chi connectivity index (χ1) is 17.5. The van der Waals surface area contributed by atoms with Crippen molar-refractivity contribution in [2.75, 3.05) is 20.8 Å². The SMILES string of the molecule is C=CC(=O)N1CCC[C@H]1c1nc(-c2ccc(Oc3cccc(OC)c3F)cc2)c2cncc(OC)n12. The quantitative estimate of drug-likeness (QED) is 0.333. The van der Waals surface area contributed by atoms with E-state index in [0.29, 0.717) is 29.7 Å². The Bertz CT molecular complexity index is 1430. The maximum Gasteiger partial charge on any atom is 0.246 e. The summed E-state index contributed by atoms with van der Waals surface area (Å²) >= 11 is 0. The van der Waals surface area contributed by atoms with E-state index in [1.165, 1.54) is 25.3 Å². The lowest BCUT2D eigenvalue weighted by Gasteiger charge is -2.22. The minimum atomic E-state index is -0.567. The normalized spacial score (nSPS) is 15.2. The van der Waals surface area contributed by atoms with Crippen LogP contribution in [0.3, 0.4) is 0 Å². The molecule has 1 amide bonds. The molecule has 2 aromatic carbocycles. The number of hydrogen-bond donors (Lipinski definition) is 0. The van der Waals surface area contributed by atoms with Crippen molar-refractivity contribution in [2.24, 2.45) is 0 Å². The van der Waals surface area contributed by atoms with Crippen LogP contribution in [0.1, 0.15) is 24.7 Å². The van der Waals surface area contributed by atoms with Crippen LogP contribution in [0, 0.1) is 5.82 Å². The molecule has 1 atom stereocenters. The fraction of sp³-hybridized carbons (Fsp3) is 0.222. The van der Waals surface area contributed by atoms with Gasteiger partial charge in [0.05, 0.1) is 43.9 Å². The van der Waals surface area contributed by atoms with Gasteiger partial charge in [0.15, 0.2) is 11.5 Å². The van der Waals surface area contributed by atoms with Gasteiger partial charge in [-0.05, 0) is 55.3 Å². The first kappa shape index (κ1) is 23.3. The van der Waals surface area contributed by atoms with E-state index in [0.717, 1.165) is 23.9 Å². The van der Waals surface area contributed by atoms with Crippen LogP contribution in [0.15, 0.2) is 67.5 Å². The van der Waals surface area contributed by atoms with Crippen LogP contribution >= 0.6 is 0 Å². The topological polar surface area (TPSA) is 78.2 Å². The van der Waals surface area contributed by atoms with Gasteiger partial charge in [-0.3, -0.25) is 14.2 Å².